The third kappa shape index (κ3) is 3.53. The van der Waals surface area contributed by atoms with Gasteiger partial charge in [-0.2, -0.15) is 5.10 Å². The van der Waals surface area contributed by atoms with E-state index in [1.54, 1.807) is 23.3 Å². The van der Waals surface area contributed by atoms with Gasteiger partial charge in [-0.3, -0.25) is 9.78 Å². The molecule has 6 rings (SSSR count). The standard InChI is InChI=1S/C27H20ClN5O/c28-23-9-3-1-7-20(23)17-33-26-22(16-30-33)21(14-24(31-26)19-8-5-12-29-15-19)27(34)32-13-11-18-6-2-4-10-25(18)32/h1-10,12,14-16H,11,13,17H2. The van der Waals surface area contributed by atoms with Crippen LogP contribution in [0.1, 0.15) is 21.5 Å². The maximum atomic E-state index is 13.9. The molecule has 7 heteroatoms. The molecular formula is C27H20ClN5O. The molecule has 2 aromatic carbocycles. The predicted molar refractivity (Wildman–Crippen MR) is 133 cm³/mol. The highest BCUT2D eigenvalue weighted by molar-refractivity contribution is 6.31. The molecule has 1 amide bonds. The minimum Gasteiger partial charge on any atom is -0.308 e. The molecule has 34 heavy (non-hydrogen) atoms. The van der Waals surface area contributed by atoms with Crippen LogP contribution in [-0.4, -0.2) is 32.2 Å². The van der Waals surface area contributed by atoms with E-state index < -0.39 is 0 Å². The molecule has 0 N–H and O–H groups in total. The van der Waals surface area contributed by atoms with E-state index in [1.165, 1.54) is 5.56 Å². The molecule has 1 aliphatic heterocycles. The Bertz CT molecular complexity index is 1530. The van der Waals surface area contributed by atoms with E-state index in [4.69, 9.17) is 16.6 Å². The lowest BCUT2D eigenvalue weighted by molar-refractivity contribution is 0.0991. The fraction of sp³-hybridized carbons (Fsp3) is 0.111. The van der Waals surface area contributed by atoms with E-state index in [2.05, 4.69) is 16.1 Å². The SMILES string of the molecule is O=C(c1cc(-c2cccnc2)nc2c1cnn2Cc1ccccc1Cl)N1CCc2ccccc21. The number of halogens is 1. The minimum atomic E-state index is -0.0558. The Morgan fingerprint density at radius 3 is 2.71 bits per heavy atom. The Hall–Kier alpha value is -4.03. The van der Waals surface area contributed by atoms with Gasteiger partial charge in [-0.05, 0) is 47.9 Å². The second kappa shape index (κ2) is 8.39. The van der Waals surface area contributed by atoms with Crippen molar-refractivity contribution in [1.82, 2.24) is 19.7 Å². The molecule has 166 valence electrons. The van der Waals surface area contributed by atoms with Crippen molar-refractivity contribution < 1.29 is 4.79 Å². The van der Waals surface area contributed by atoms with Crippen molar-refractivity contribution in [3.05, 3.63) is 107 Å². The normalized spacial score (nSPS) is 12.8. The summed E-state index contributed by atoms with van der Waals surface area (Å²) in [4.78, 5) is 24.8. The van der Waals surface area contributed by atoms with Crippen LogP contribution in [-0.2, 0) is 13.0 Å². The van der Waals surface area contributed by atoms with E-state index in [0.717, 1.165) is 23.2 Å². The Balaban J connectivity index is 1.50. The van der Waals surface area contributed by atoms with Crippen LogP contribution < -0.4 is 4.90 Å². The first-order valence-corrected chi connectivity index (χ1v) is 11.5. The molecule has 0 spiro atoms. The molecular weight excluding hydrogens is 446 g/mol. The highest BCUT2D eigenvalue weighted by Crippen LogP contribution is 2.32. The van der Waals surface area contributed by atoms with Crippen LogP contribution in [0.15, 0.2) is 85.3 Å². The second-order valence-electron chi connectivity index (χ2n) is 8.26. The number of hydrogen-bond acceptors (Lipinski definition) is 4. The molecule has 0 radical (unpaired) electrons. The molecule has 0 saturated carbocycles. The van der Waals surface area contributed by atoms with E-state index in [0.29, 0.717) is 40.4 Å². The quantitative estimate of drug-likeness (QED) is 0.356. The number of hydrogen-bond donors (Lipinski definition) is 0. The molecule has 0 atom stereocenters. The molecule has 0 fully saturated rings. The molecule has 3 aromatic heterocycles. The summed E-state index contributed by atoms with van der Waals surface area (Å²) in [6, 6.07) is 21.4. The summed E-state index contributed by atoms with van der Waals surface area (Å²) >= 11 is 6.40. The number of para-hydroxylation sites is 1. The largest absolute Gasteiger partial charge is 0.308 e. The molecule has 0 saturated heterocycles. The lowest BCUT2D eigenvalue weighted by Crippen LogP contribution is -2.29. The van der Waals surface area contributed by atoms with Gasteiger partial charge in [0.25, 0.3) is 5.91 Å². The second-order valence-corrected chi connectivity index (χ2v) is 8.67. The van der Waals surface area contributed by atoms with Crippen molar-refractivity contribution in [3.8, 4) is 11.3 Å². The first-order valence-electron chi connectivity index (χ1n) is 11.1. The first-order chi connectivity index (χ1) is 16.7. The summed E-state index contributed by atoms with van der Waals surface area (Å²) in [5.74, 6) is -0.0558. The Labute approximate surface area is 201 Å². The molecule has 6 nitrogen and oxygen atoms in total. The van der Waals surface area contributed by atoms with E-state index in [-0.39, 0.29) is 5.91 Å². The first kappa shape index (κ1) is 20.6. The maximum absolute atomic E-state index is 13.9. The van der Waals surface area contributed by atoms with Gasteiger partial charge in [-0.25, -0.2) is 9.67 Å². The number of nitrogens with zero attached hydrogens (tertiary/aromatic N) is 5. The Morgan fingerprint density at radius 2 is 1.85 bits per heavy atom. The van der Waals surface area contributed by atoms with Crippen LogP contribution in [0.4, 0.5) is 5.69 Å². The number of carbonyl (C=O) groups excluding carboxylic acids is 1. The molecule has 0 unspecified atom stereocenters. The number of amides is 1. The predicted octanol–water partition coefficient (Wildman–Crippen LogP) is 5.40. The van der Waals surface area contributed by atoms with Gasteiger partial charge in [-0.15, -0.1) is 0 Å². The zero-order chi connectivity index (χ0) is 23.1. The monoisotopic (exact) mass is 465 g/mol. The number of pyridine rings is 2. The van der Waals surface area contributed by atoms with Crippen LogP contribution in [0.3, 0.4) is 0 Å². The fourth-order valence-electron chi connectivity index (χ4n) is 4.49. The lowest BCUT2D eigenvalue weighted by Gasteiger charge is -2.18. The van der Waals surface area contributed by atoms with Gasteiger partial charge >= 0.3 is 0 Å². The summed E-state index contributed by atoms with van der Waals surface area (Å²) in [5.41, 5.74) is 5.81. The molecule has 0 bridgehead atoms. The van der Waals surface area contributed by atoms with Gasteiger partial charge in [0.1, 0.15) is 0 Å². The van der Waals surface area contributed by atoms with E-state index in [9.17, 15) is 4.79 Å². The van der Waals surface area contributed by atoms with Gasteiger partial charge in [0, 0.05) is 35.2 Å². The number of fused-ring (bicyclic) bond motifs is 2. The molecule has 1 aliphatic rings. The maximum Gasteiger partial charge on any atom is 0.259 e. The smallest absolute Gasteiger partial charge is 0.259 e. The summed E-state index contributed by atoms with van der Waals surface area (Å²) in [7, 11) is 0. The van der Waals surface area contributed by atoms with Crippen LogP contribution in [0, 0.1) is 0 Å². The number of rotatable bonds is 4. The Kier molecular flexibility index (Phi) is 5.08. The summed E-state index contributed by atoms with van der Waals surface area (Å²) in [5, 5.41) is 5.97. The van der Waals surface area contributed by atoms with Crippen molar-refractivity contribution in [2.45, 2.75) is 13.0 Å². The highest BCUT2D eigenvalue weighted by Gasteiger charge is 2.28. The van der Waals surface area contributed by atoms with Gasteiger partial charge in [-0.1, -0.05) is 48.0 Å². The van der Waals surface area contributed by atoms with Crippen molar-refractivity contribution >= 4 is 34.2 Å². The van der Waals surface area contributed by atoms with Crippen LogP contribution in [0.2, 0.25) is 5.02 Å². The third-order valence-corrected chi connectivity index (χ3v) is 6.58. The topological polar surface area (TPSA) is 63.9 Å². The van der Waals surface area contributed by atoms with Gasteiger partial charge in [0.15, 0.2) is 5.65 Å². The van der Waals surface area contributed by atoms with Crippen LogP contribution in [0.25, 0.3) is 22.3 Å². The molecule has 5 aromatic rings. The highest BCUT2D eigenvalue weighted by atomic mass is 35.5. The van der Waals surface area contributed by atoms with Crippen LogP contribution in [0.5, 0.6) is 0 Å². The van der Waals surface area contributed by atoms with Gasteiger partial charge < -0.3 is 4.90 Å². The number of carbonyl (C=O) groups is 1. The lowest BCUT2D eigenvalue weighted by atomic mass is 10.1. The summed E-state index contributed by atoms with van der Waals surface area (Å²) < 4.78 is 1.80. The van der Waals surface area contributed by atoms with Crippen molar-refractivity contribution in [2.75, 3.05) is 11.4 Å². The van der Waals surface area contributed by atoms with Crippen molar-refractivity contribution in [2.24, 2.45) is 0 Å². The Morgan fingerprint density at radius 1 is 1.00 bits per heavy atom. The average Bonchev–Trinajstić information content (AvgIpc) is 3.49. The van der Waals surface area contributed by atoms with E-state index >= 15 is 0 Å². The minimum absolute atomic E-state index is 0.0558. The average molecular weight is 466 g/mol. The fourth-order valence-corrected chi connectivity index (χ4v) is 4.68. The van der Waals surface area contributed by atoms with Crippen LogP contribution >= 0.6 is 11.6 Å². The van der Waals surface area contributed by atoms with E-state index in [1.807, 2.05) is 65.6 Å². The summed E-state index contributed by atoms with van der Waals surface area (Å²) in [6.45, 7) is 1.10. The van der Waals surface area contributed by atoms with Crippen molar-refractivity contribution in [3.63, 3.8) is 0 Å². The number of anilines is 1. The zero-order valence-electron chi connectivity index (χ0n) is 18.2. The van der Waals surface area contributed by atoms with Gasteiger partial charge in [0.05, 0.1) is 29.4 Å². The number of aromatic nitrogens is 4. The molecule has 0 aliphatic carbocycles. The van der Waals surface area contributed by atoms with Gasteiger partial charge in [0.2, 0.25) is 0 Å². The third-order valence-electron chi connectivity index (χ3n) is 6.21. The summed E-state index contributed by atoms with van der Waals surface area (Å²) in [6.07, 6.45) is 6.04. The molecule has 4 heterocycles. The van der Waals surface area contributed by atoms with Crippen molar-refractivity contribution in [1.29, 1.82) is 0 Å². The zero-order valence-corrected chi connectivity index (χ0v) is 19.0. The number of benzene rings is 2.